The normalized spacial score (nSPS) is 23.2. The van der Waals surface area contributed by atoms with E-state index < -0.39 is 0 Å². The van der Waals surface area contributed by atoms with Crippen LogP contribution in [0.3, 0.4) is 0 Å². The van der Waals surface area contributed by atoms with Crippen molar-refractivity contribution in [3.8, 4) is 0 Å². The van der Waals surface area contributed by atoms with Crippen molar-refractivity contribution < 1.29 is 47.7 Å². The Morgan fingerprint density at radius 3 is 1.29 bits per heavy atom. The number of rotatable bonds is 16. The van der Waals surface area contributed by atoms with Gasteiger partial charge in [0.2, 0.25) is 0 Å². The summed E-state index contributed by atoms with van der Waals surface area (Å²) in [6, 6.07) is 0. The standard InChI is InChI=1S/C31H62N4O.2BrH/c1-2-3-4-5-6-7-8-9-10-15-28-36-31(29-32-16-24-34(25-17-32)20-11-12-21-34)30-33-18-26-35(27-19-33)22-13-14-23-35;;/h31H,2-30H2,1H3;2*1H/q+2;;/p-2. The summed E-state index contributed by atoms with van der Waals surface area (Å²) in [6.07, 6.45) is 20.2. The zero-order valence-electron chi connectivity index (χ0n) is 25.0. The molecule has 0 atom stereocenters. The second-order valence-electron chi connectivity index (χ2n) is 13.2. The van der Waals surface area contributed by atoms with E-state index in [1.807, 2.05) is 0 Å². The molecular weight excluding hydrogens is 604 g/mol. The lowest BCUT2D eigenvalue weighted by Crippen LogP contribution is -3.00. The molecule has 0 aliphatic carbocycles. The average Bonchev–Trinajstić information content (AvgIpc) is 3.55. The van der Waals surface area contributed by atoms with Gasteiger partial charge in [-0.05, 0) is 6.42 Å². The summed E-state index contributed by atoms with van der Waals surface area (Å²) < 4.78 is 9.51. The highest BCUT2D eigenvalue weighted by atomic mass is 79.9. The van der Waals surface area contributed by atoms with Crippen molar-refractivity contribution in [1.29, 1.82) is 0 Å². The first-order valence-electron chi connectivity index (χ1n) is 16.5. The van der Waals surface area contributed by atoms with Crippen LogP contribution >= 0.6 is 0 Å². The second-order valence-corrected chi connectivity index (χ2v) is 13.2. The van der Waals surface area contributed by atoms with Gasteiger partial charge in [-0.2, -0.15) is 0 Å². The molecule has 4 aliphatic rings. The van der Waals surface area contributed by atoms with Gasteiger partial charge in [0.25, 0.3) is 0 Å². The summed E-state index contributed by atoms with van der Waals surface area (Å²) in [7, 11) is 0. The van der Waals surface area contributed by atoms with Crippen molar-refractivity contribution in [1.82, 2.24) is 9.80 Å². The van der Waals surface area contributed by atoms with E-state index in [1.165, 1.54) is 177 Å². The van der Waals surface area contributed by atoms with E-state index in [4.69, 9.17) is 4.74 Å². The van der Waals surface area contributed by atoms with Gasteiger partial charge >= 0.3 is 0 Å². The summed E-state index contributed by atoms with van der Waals surface area (Å²) in [6.45, 7) is 22.1. The maximum Gasteiger partial charge on any atom is 0.0916 e. The zero-order valence-corrected chi connectivity index (χ0v) is 28.2. The number of ether oxygens (including phenoxy) is 1. The van der Waals surface area contributed by atoms with E-state index in [9.17, 15) is 0 Å². The molecule has 5 nitrogen and oxygen atoms in total. The lowest BCUT2D eigenvalue weighted by Gasteiger charge is -2.44. The fourth-order valence-corrected chi connectivity index (χ4v) is 7.71. The van der Waals surface area contributed by atoms with E-state index >= 15 is 0 Å². The molecule has 0 aromatic heterocycles. The van der Waals surface area contributed by atoms with Crippen molar-refractivity contribution in [3.05, 3.63) is 0 Å². The third-order valence-electron chi connectivity index (χ3n) is 10.4. The van der Waals surface area contributed by atoms with Crippen LogP contribution in [0.25, 0.3) is 0 Å². The van der Waals surface area contributed by atoms with Crippen molar-refractivity contribution in [3.63, 3.8) is 0 Å². The quantitative estimate of drug-likeness (QED) is 0.158. The maximum absolute atomic E-state index is 6.66. The van der Waals surface area contributed by atoms with E-state index in [0.717, 1.165) is 19.7 Å². The molecule has 0 saturated carbocycles. The number of halogens is 2. The molecule has 0 N–H and O–H groups in total. The summed E-state index contributed by atoms with van der Waals surface area (Å²) in [5.74, 6) is 0. The minimum absolute atomic E-state index is 0. The predicted octanol–water partition coefficient (Wildman–Crippen LogP) is -0.847. The molecule has 4 fully saturated rings. The van der Waals surface area contributed by atoms with Crippen LogP contribution in [0.5, 0.6) is 0 Å². The molecule has 38 heavy (non-hydrogen) atoms. The number of piperazine rings is 2. The number of hydrogen-bond donors (Lipinski definition) is 0. The van der Waals surface area contributed by atoms with Crippen LogP contribution in [0.4, 0.5) is 0 Å². The molecule has 4 saturated heterocycles. The second kappa shape index (κ2) is 19.0. The lowest BCUT2D eigenvalue weighted by molar-refractivity contribution is -0.920. The van der Waals surface area contributed by atoms with Gasteiger partial charge in [-0.15, -0.1) is 0 Å². The van der Waals surface area contributed by atoms with Crippen LogP contribution in [0.2, 0.25) is 0 Å². The summed E-state index contributed by atoms with van der Waals surface area (Å²) in [5, 5.41) is 0. The summed E-state index contributed by atoms with van der Waals surface area (Å²) in [5.41, 5.74) is 0. The molecule has 7 heteroatoms. The first-order chi connectivity index (χ1) is 17.7. The Bertz CT molecular complexity index is 540. The largest absolute Gasteiger partial charge is 1.00 e. The van der Waals surface area contributed by atoms with Gasteiger partial charge in [0.1, 0.15) is 0 Å². The van der Waals surface area contributed by atoms with Crippen LogP contribution < -0.4 is 34.0 Å². The molecule has 226 valence electrons. The molecular formula is C31H62Br2N4O. The number of quaternary nitrogens is 2. The summed E-state index contributed by atoms with van der Waals surface area (Å²) >= 11 is 0. The number of unbranched alkanes of at least 4 members (excludes halogenated alkanes) is 9. The average molecular weight is 667 g/mol. The Kier molecular flexibility index (Phi) is 17.5. The van der Waals surface area contributed by atoms with Crippen LogP contribution in [0.1, 0.15) is 96.8 Å². The van der Waals surface area contributed by atoms with Crippen molar-refractivity contribution >= 4 is 0 Å². The molecule has 0 aromatic rings. The molecule has 0 aromatic carbocycles. The number of hydrogen-bond acceptors (Lipinski definition) is 3. The van der Waals surface area contributed by atoms with E-state index in [2.05, 4.69) is 16.7 Å². The van der Waals surface area contributed by atoms with Gasteiger partial charge in [0, 0.05) is 71.6 Å². The Morgan fingerprint density at radius 2 is 0.895 bits per heavy atom. The van der Waals surface area contributed by atoms with Gasteiger partial charge in [0.15, 0.2) is 0 Å². The van der Waals surface area contributed by atoms with E-state index in [1.54, 1.807) is 0 Å². The Balaban J connectivity index is 0.00000253. The molecule has 0 radical (unpaired) electrons. The van der Waals surface area contributed by atoms with Crippen LogP contribution in [0, 0.1) is 0 Å². The molecule has 0 unspecified atom stereocenters. The molecule has 4 heterocycles. The topological polar surface area (TPSA) is 15.7 Å². The molecule has 4 aliphatic heterocycles. The monoisotopic (exact) mass is 664 g/mol. The van der Waals surface area contributed by atoms with Crippen LogP contribution in [0.15, 0.2) is 0 Å². The first kappa shape index (κ1) is 35.0. The fraction of sp³-hybridized carbons (Fsp3) is 1.00. The minimum atomic E-state index is 0. The van der Waals surface area contributed by atoms with Gasteiger partial charge in [-0.3, -0.25) is 9.80 Å². The minimum Gasteiger partial charge on any atom is -1.00 e. The Hall–Kier alpha value is 0.760. The highest BCUT2D eigenvalue weighted by molar-refractivity contribution is 4.76. The highest BCUT2D eigenvalue weighted by Crippen LogP contribution is 2.24. The van der Waals surface area contributed by atoms with Crippen molar-refractivity contribution in [2.75, 3.05) is 98.2 Å². The van der Waals surface area contributed by atoms with Gasteiger partial charge in [-0.1, -0.05) is 64.7 Å². The molecule has 4 rings (SSSR count). The zero-order chi connectivity index (χ0) is 24.9. The van der Waals surface area contributed by atoms with Gasteiger partial charge in [0.05, 0.1) is 58.5 Å². The van der Waals surface area contributed by atoms with Crippen molar-refractivity contribution in [2.24, 2.45) is 0 Å². The third-order valence-corrected chi connectivity index (χ3v) is 10.4. The van der Waals surface area contributed by atoms with E-state index in [-0.39, 0.29) is 34.0 Å². The third kappa shape index (κ3) is 11.6. The Labute approximate surface area is 257 Å². The molecule has 2 spiro atoms. The first-order valence-corrected chi connectivity index (χ1v) is 16.5. The van der Waals surface area contributed by atoms with E-state index in [0.29, 0.717) is 6.10 Å². The summed E-state index contributed by atoms with van der Waals surface area (Å²) in [4.78, 5) is 5.51. The fourth-order valence-electron chi connectivity index (χ4n) is 7.71. The lowest BCUT2D eigenvalue weighted by atomic mass is 10.1. The Morgan fingerprint density at radius 1 is 0.526 bits per heavy atom. The van der Waals surface area contributed by atoms with Crippen molar-refractivity contribution in [2.45, 2.75) is 103 Å². The highest BCUT2D eigenvalue weighted by Gasteiger charge is 2.38. The SMILES string of the molecule is CCCCCCCCCCCCOC(CN1CC[N+]2(CCCC2)CC1)CN1CC[N+]2(CCCC2)CC1.[Br-].[Br-]. The molecule has 0 bridgehead atoms. The van der Waals surface area contributed by atoms with Gasteiger partial charge < -0.3 is 47.7 Å². The molecule has 0 amide bonds. The number of nitrogens with zero attached hydrogens (tertiary/aromatic N) is 4. The smallest absolute Gasteiger partial charge is 0.0916 e. The predicted molar refractivity (Wildman–Crippen MR) is 152 cm³/mol. The maximum atomic E-state index is 6.66. The van der Waals surface area contributed by atoms with Gasteiger partial charge in [-0.25, -0.2) is 0 Å². The van der Waals surface area contributed by atoms with Crippen LogP contribution in [-0.4, -0.2) is 123 Å². The van der Waals surface area contributed by atoms with Crippen LogP contribution in [-0.2, 0) is 4.74 Å².